The van der Waals surface area contributed by atoms with Crippen LogP contribution < -0.4 is 16.8 Å². The van der Waals surface area contributed by atoms with Gasteiger partial charge in [-0.05, 0) is 18.8 Å². The van der Waals surface area contributed by atoms with E-state index < -0.39 is 0 Å². The monoisotopic (exact) mass is 386 g/mol. The summed E-state index contributed by atoms with van der Waals surface area (Å²) in [5, 5.41) is 11.7. The van der Waals surface area contributed by atoms with Gasteiger partial charge in [-0.1, -0.05) is 25.5 Å². The Bertz CT molecular complexity index is 581. The predicted molar refractivity (Wildman–Crippen MR) is 104 cm³/mol. The molecule has 0 aliphatic carbocycles. The van der Waals surface area contributed by atoms with E-state index in [1.165, 1.54) is 0 Å². The van der Waals surface area contributed by atoms with Crippen LogP contribution in [0.1, 0.15) is 38.4 Å². The summed E-state index contributed by atoms with van der Waals surface area (Å²) in [5.74, 6) is 0.425. The zero-order valence-electron chi connectivity index (χ0n) is 15.6. The number of amides is 1. The van der Waals surface area contributed by atoms with Crippen LogP contribution in [0, 0.1) is 5.92 Å². The van der Waals surface area contributed by atoms with E-state index in [1.807, 2.05) is 11.1 Å². The molecule has 0 saturated carbocycles. The standard InChI is InChI=1S/C16H30N8O.ClH/c1-3-12(2)14(15(25)23-9-7-19-8-10-23)24-11-13(21-22-24)5-4-6-20-16(17)18;/h11-12,14,19H,3-10H2,1-2H3,(H4,17,18,20);1H/t12?,14-;/m0./s1. The van der Waals surface area contributed by atoms with E-state index in [2.05, 4.69) is 34.5 Å². The number of piperazine rings is 1. The van der Waals surface area contributed by atoms with Gasteiger partial charge in [0.25, 0.3) is 0 Å². The van der Waals surface area contributed by atoms with Crippen molar-refractivity contribution in [2.24, 2.45) is 22.4 Å². The number of aliphatic imine (C=N–C) groups is 1. The Hall–Kier alpha value is -1.87. The van der Waals surface area contributed by atoms with Crippen LogP contribution in [0.15, 0.2) is 11.2 Å². The first-order chi connectivity index (χ1) is 12.0. The van der Waals surface area contributed by atoms with Crippen molar-refractivity contribution < 1.29 is 4.79 Å². The van der Waals surface area contributed by atoms with Crippen LogP contribution in [0.3, 0.4) is 0 Å². The van der Waals surface area contributed by atoms with Crippen LogP contribution in [0.4, 0.5) is 0 Å². The summed E-state index contributed by atoms with van der Waals surface area (Å²) < 4.78 is 1.73. The fourth-order valence-electron chi connectivity index (χ4n) is 2.95. The molecule has 2 rings (SSSR count). The maximum Gasteiger partial charge on any atom is 0.247 e. The Labute approximate surface area is 161 Å². The van der Waals surface area contributed by atoms with Crippen molar-refractivity contribution in [1.29, 1.82) is 0 Å². The van der Waals surface area contributed by atoms with Crippen molar-refractivity contribution >= 4 is 24.3 Å². The fourth-order valence-corrected chi connectivity index (χ4v) is 2.95. The molecule has 1 unspecified atom stereocenters. The molecule has 10 heteroatoms. The van der Waals surface area contributed by atoms with E-state index in [0.29, 0.717) is 6.54 Å². The molecular weight excluding hydrogens is 356 g/mol. The van der Waals surface area contributed by atoms with E-state index >= 15 is 0 Å². The second-order valence-corrected chi connectivity index (χ2v) is 6.51. The number of carbonyl (C=O) groups is 1. The Balaban J connectivity index is 0.00000338. The lowest BCUT2D eigenvalue weighted by Crippen LogP contribution is -2.49. The van der Waals surface area contributed by atoms with E-state index in [1.54, 1.807) is 4.68 Å². The van der Waals surface area contributed by atoms with Crippen molar-refractivity contribution in [2.45, 2.75) is 39.2 Å². The zero-order valence-corrected chi connectivity index (χ0v) is 16.4. The smallest absolute Gasteiger partial charge is 0.247 e. The molecule has 5 N–H and O–H groups in total. The van der Waals surface area contributed by atoms with Gasteiger partial charge in [-0.25, -0.2) is 4.68 Å². The van der Waals surface area contributed by atoms with E-state index in [0.717, 1.165) is 51.1 Å². The van der Waals surface area contributed by atoms with Crippen molar-refractivity contribution in [3.63, 3.8) is 0 Å². The summed E-state index contributed by atoms with van der Waals surface area (Å²) in [6.07, 6.45) is 4.30. The molecule has 1 aromatic rings. The molecule has 1 aliphatic rings. The molecule has 1 aromatic heterocycles. The zero-order chi connectivity index (χ0) is 18.2. The van der Waals surface area contributed by atoms with Gasteiger partial charge in [0, 0.05) is 38.9 Å². The van der Waals surface area contributed by atoms with Crippen molar-refractivity contribution in [1.82, 2.24) is 25.2 Å². The molecule has 1 saturated heterocycles. The molecule has 0 bridgehead atoms. The number of carbonyl (C=O) groups excluding carboxylic acids is 1. The van der Waals surface area contributed by atoms with Gasteiger partial charge in [0.15, 0.2) is 5.96 Å². The number of nitrogens with one attached hydrogen (secondary N) is 1. The third-order valence-electron chi connectivity index (χ3n) is 4.59. The average molecular weight is 387 g/mol. The quantitative estimate of drug-likeness (QED) is 0.326. The van der Waals surface area contributed by atoms with Gasteiger partial charge in [-0.2, -0.15) is 0 Å². The summed E-state index contributed by atoms with van der Waals surface area (Å²) in [4.78, 5) is 18.9. The maximum atomic E-state index is 13.0. The Morgan fingerprint density at radius 2 is 2.08 bits per heavy atom. The molecule has 9 nitrogen and oxygen atoms in total. The molecule has 2 atom stereocenters. The molecule has 1 amide bonds. The van der Waals surface area contributed by atoms with Gasteiger partial charge >= 0.3 is 0 Å². The summed E-state index contributed by atoms with van der Waals surface area (Å²) in [6, 6.07) is -0.304. The number of hydrogen-bond acceptors (Lipinski definition) is 5. The van der Waals surface area contributed by atoms with Crippen LogP contribution in [0.25, 0.3) is 0 Å². The Kier molecular flexibility index (Phi) is 9.36. The minimum atomic E-state index is -0.304. The first-order valence-electron chi connectivity index (χ1n) is 8.98. The number of halogens is 1. The first-order valence-corrected chi connectivity index (χ1v) is 8.98. The summed E-state index contributed by atoms with van der Waals surface area (Å²) >= 11 is 0. The summed E-state index contributed by atoms with van der Waals surface area (Å²) in [5.41, 5.74) is 11.5. The molecule has 2 heterocycles. The van der Waals surface area contributed by atoms with Crippen LogP contribution in [0.5, 0.6) is 0 Å². The number of aromatic nitrogens is 3. The highest BCUT2D eigenvalue weighted by molar-refractivity contribution is 5.85. The summed E-state index contributed by atoms with van der Waals surface area (Å²) in [6.45, 7) is 7.90. The minimum absolute atomic E-state index is 0. The van der Waals surface area contributed by atoms with Gasteiger partial charge in [-0.3, -0.25) is 9.79 Å². The third-order valence-corrected chi connectivity index (χ3v) is 4.59. The van der Waals surface area contributed by atoms with E-state index in [9.17, 15) is 4.79 Å². The normalized spacial score (nSPS) is 16.5. The average Bonchev–Trinajstić information content (AvgIpc) is 3.07. The summed E-state index contributed by atoms with van der Waals surface area (Å²) in [7, 11) is 0. The maximum absolute atomic E-state index is 13.0. The number of nitrogens with zero attached hydrogens (tertiary/aromatic N) is 5. The highest BCUT2D eigenvalue weighted by Crippen LogP contribution is 2.23. The largest absolute Gasteiger partial charge is 0.370 e. The lowest BCUT2D eigenvalue weighted by atomic mass is 9.97. The molecule has 1 aliphatic heterocycles. The van der Waals surface area contributed by atoms with E-state index in [-0.39, 0.29) is 36.2 Å². The van der Waals surface area contributed by atoms with Gasteiger partial charge in [-0.15, -0.1) is 17.5 Å². The topological polar surface area (TPSA) is 127 Å². The van der Waals surface area contributed by atoms with Gasteiger partial charge < -0.3 is 21.7 Å². The predicted octanol–water partition coefficient (Wildman–Crippen LogP) is -0.0751. The molecule has 0 radical (unpaired) electrons. The molecule has 148 valence electrons. The lowest BCUT2D eigenvalue weighted by molar-refractivity contribution is -0.137. The number of rotatable bonds is 8. The van der Waals surface area contributed by atoms with Gasteiger partial charge in [0.1, 0.15) is 6.04 Å². The Morgan fingerprint density at radius 1 is 1.38 bits per heavy atom. The fraction of sp³-hybridized carbons (Fsp3) is 0.750. The molecule has 0 spiro atoms. The lowest BCUT2D eigenvalue weighted by Gasteiger charge is -2.32. The van der Waals surface area contributed by atoms with Crippen LogP contribution in [-0.4, -0.2) is 64.5 Å². The number of nitrogens with two attached hydrogens (primary N) is 2. The molecule has 1 fully saturated rings. The van der Waals surface area contributed by atoms with Crippen molar-refractivity contribution in [3.05, 3.63) is 11.9 Å². The van der Waals surface area contributed by atoms with E-state index in [4.69, 9.17) is 11.5 Å². The van der Waals surface area contributed by atoms with Crippen LogP contribution in [-0.2, 0) is 11.2 Å². The third kappa shape index (κ3) is 6.14. The van der Waals surface area contributed by atoms with Crippen LogP contribution >= 0.6 is 12.4 Å². The van der Waals surface area contributed by atoms with Gasteiger partial charge in [0.05, 0.1) is 5.69 Å². The highest BCUT2D eigenvalue weighted by atomic mass is 35.5. The second-order valence-electron chi connectivity index (χ2n) is 6.51. The first kappa shape index (κ1) is 22.2. The molecular formula is C16H31ClN8O. The van der Waals surface area contributed by atoms with Crippen LogP contribution in [0.2, 0.25) is 0 Å². The minimum Gasteiger partial charge on any atom is -0.370 e. The number of aryl methyl sites for hydroxylation is 1. The number of guanidine groups is 1. The van der Waals surface area contributed by atoms with Gasteiger partial charge in [0.2, 0.25) is 5.91 Å². The molecule has 0 aromatic carbocycles. The Morgan fingerprint density at radius 3 is 2.69 bits per heavy atom. The second kappa shape index (κ2) is 11.0. The van der Waals surface area contributed by atoms with Crippen molar-refractivity contribution in [3.8, 4) is 0 Å². The number of hydrogen-bond donors (Lipinski definition) is 3. The highest BCUT2D eigenvalue weighted by Gasteiger charge is 2.31. The van der Waals surface area contributed by atoms with Crippen molar-refractivity contribution in [2.75, 3.05) is 32.7 Å². The molecule has 26 heavy (non-hydrogen) atoms. The SMILES string of the molecule is CCC(C)[C@@H](C(=O)N1CCNCC1)n1cc(CCCN=C(N)N)nn1.Cl.